The van der Waals surface area contributed by atoms with Crippen LogP contribution in [0.15, 0.2) is 35.4 Å². The molecule has 39 heavy (non-hydrogen) atoms. The van der Waals surface area contributed by atoms with Crippen LogP contribution in [0.3, 0.4) is 0 Å². The first-order chi connectivity index (χ1) is 18.1. The average Bonchev–Trinajstić information content (AvgIpc) is 3.42. The zero-order valence-electron chi connectivity index (χ0n) is 22.6. The highest BCUT2D eigenvalue weighted by Gasteiger charge is 2.51. The lowest BCUT2D eigenvalue weighted by molar-refractivity contribution is -0.139. The van der Waals surface area contributed by atoms with E-state index in [1.54, 1.807) is 26.0 Å². The van der Waals surface area contributed by atoms with Crippen molar-refractivity contribution in [2.45, 2.75) is 25.6 Å². The van der Waals surface area contributed by atoms with Crippen LogP contribution in [0, 0.1) is 6.92 Å². The fourth-order valence-electron chi connectivity index (χ4n) is 3.43. The molecule has 3 N–H and O–H groups in total. The zero-order valence-corrected chi connectivity index (χ0v) is 23.4. The number of aromatic hydroxyl groups is 1. The van der Waals surface area contributed by atoms with E-state index in [2.05, 4.69) is 18.9 Å². The Labute approximate surface area is 225 Å². The van der Waals surface area contributed by atoms with Crippen molar-refractivity contribution in [1.82, 2.24) is 0 Å². The lowest BCUT2D eigenvalue weighted by Crippen LogP contribution is -2.29. The van der Waals surface area contributed by atoms with E-state index in [0.717, 1.165) is 7.11 Å². The highest BCUT2D eigenvalue weighted by Crippen LogP contribution is 2.43. The number of hydrogen-bond donors (Lipinski definition) is 3. The predicted molar refractivity (Wildman–Crippen MR) is 135 cm³/mol. The number of carbonyl (C=O) groups is 4. The van der Waals surface area contributed by atoms with Crippen LogP contribution in [0.25, 0.3) is 0 Å². The smallest absolute Gasteiger partial charge is 0.342 e. The Morgan fingerprint density at radius 2 is 1.31 bits per heavy atom. The molecule has 2 heterocycles. The van der Waals surface area contributed by atoms with Crippen LogP contribution >= 0.6 is 0 Å². The second kappa shape index (κ2) is 15.0. The van der Waals surface area contributed by atoms with E-state index in [1.165, 1.54) is 40.6 Å². The molecule has 2 bridgehead atoms. The van der Waals surface area contributed by atoms with Gasteiger partial charge in [0.15, 0.2) is 0 Å². The van der Waals surface area contributed by atoms with Gasteiger partial charge in [-0.1, -0.05) is 12.1 Å². The molecule has 0 aromatic heterocycles. The normalized spacial score (nSPS) is 18.3. The maximum absolute atomic E-state index is 11.6. The summed E-state index contributed by atoms with van der Waals surface area (Å²) in [6.07, 6.45) is 3.69. The summed E-state index contributed by atoms with van der Waals surface area (Å²) in [5.41, 5.74) is -0.0242. The molecule has 1 aromatic carbocycles. The minimum Gasteiger partial charge on any atom is -0.507 e. The molecular weight excluding hydrogens is 544 g/mol. The Bertz CT molecular complexity index is 1200. The third-order valence-corrected chi connectivity index (χ3v) is 4.98. The quantitative estimate of drug-likeness (QED) is 0.195. The molecule has 1 aromatic rings. The highest BCUT2D eigenvalue weighted by molar-refractivity contribution is 7.85. The van der Waals surface area contributed by atoms with Crippen molar-refractivity contribution in [2.75, 3.05) is 41.8 Å². The van der Waals surface area contributed by atoms with Gasteiger partial charge in [0.2, 0.25) is 0 Å². The van der Waals surface area contributed by atoms with E-state index in [4.69, 9.17) is 14.4 Å². The summed E-state index contributed by atoms with van der Waals surface area (Å²) in [6, 6.07) is 2.85. The molecule has 0 saturated heterocycles. The first-order valence-electron chi connectivity index (χ1n) is 10.7. The number of rotatable bonds is 4. The van der Waals surface area contributed by atoms with Gasteiger partial charge in [-0.05, 0) is 31.6 Å². The molecule has 2 aliphatic heterocycles. The maximum Gasteiger partial charge on any atom is 0.342 e. The van der Waals surface area contributed by atoms with Gasteiger partial charge < -0.3 is 33.9 Å². The van der Waals surface area contributed by atoms with Crippen LogP contribution < -0.4 is 0 Å². The van der Waals surface area contributed by atoms with Gasteiger partial charge in [0.1, 0.15) is 23.0 Å². The largest absolute Gasteiger partial charge is 0.507 e. The Balaban J connectivity index is 0.000000600. The number of aryl methyl sites for hydroxylation is 1. The van der Waals surface area contributed by atoms with E-state index >= 15 is 0 Å². The number of esters is 4. The first kappa shape index (κ1) is 35.2. The van der Waals surface area contributed by atoms with Crippen LogP contribution in [0.1, 0.15) is 33.2 Å². The molecule has 0 unspecified atom stereocenters. The minimum atomic E-state index is -3.67. The van der Waals surface area contributed by atoms with Crippen LogP contribution in [-0.4, -0.2) is 101 Å². The van der Waals surface area contributed by atoms with Crippen LogP contribution in [-0.2, 0) is 43.4 Å². The molecule has 14 nitrogen and oxygen atoms in total. The number of benzene rings is 1. The number of hydrogen-bond acceptors (Lipinski definition) is 13. The number of phenols is 1. The molecule has 0 saturated carbocycles. The Hall–Kier alpha value is -3.79. The molecule has 2 atom stereocenters. The van der Waals surface area contributed by atoms with Gasteiger partial charge in [0.05, 0.1) is 51.4 Å². The molecule has 3 rings (SSSR count). The summed E-state index contributed by atoms with van der Waals surface area (Å²) in [4.78, 5) is 46.1. The van der Waals surface area contributed by atoms with Crippen molar-refractivity contribution in [3.05, 3.63) is 52.1 Å². The Morgan fingerprint density at radius 1 is 0.872 bits per heavy atom. The van der Waals surface area contributed by atoms with Gasteiger partial charge in [-0.3, -0.25) is 4.55 Å². The van der Waals surface area contributed by atoms with Crippen molar-refractivity contribution < 1.29 is 66.0 Å². The van der Waals surface area contributed by atoms with E-state index in [0.29, 0.717) is 11.8 Å². The van der Waals surface area contributed by atoms with Crippen LogP contribution in [0.4, 0.5) is 0 Å². The average molecular weight is 577 g/mol. The van der Waals surface area contributed by atoms with Crippen molar-refractivity contribution in [1.29, 1.82) is 0 Å². The first-order valence-corrected chi connectivity index (χ1v) is 12.6. The second-order valence-corrected chi connectivity index (χ2v) is 9.11. The standard InChI is InChI=1S/2C11H12O5.CH4O3S.CH4O/c1-11-5-4-6(16-11)7(9(12)14-2)8(11)10(13)15-3;1-6-4-5-7(12)9(11(14)16-3)8(6)10(13)15-2;1-5(2,3)4;1-2/h4-6H,1-3H3;4-5,12H,1-3H3;1H3,(H,2,3,4);2H,1H3/t6-,11+;;;/m1.../s1. The van der Waals surface area contributed by atoms with Gasteiger partial charge in [0.25, 0.3) is 10.1 Å². The van der Waals surface area contributed by atoms with Gasteiger partial charge in [-0.2, -0.15) is 8.42 Å². The molecule has 218 valence electrons. The van der Waals surface area contributed by atoms with Crippen LogP contribution in [0.5, 0.6) is 5.75 Å². The third-order valence-electron chi connectivity index (χ3n) is 4.98. The Morgan fingerprint density at radius 3 is 1.74 bits per heavy atom. The minimum absolute atomic E-state index is 0.0225. The molecule has 2 aliphatic rings. The zero-order chi connectivity index (χ0) is 30.7. The fraction of sp³-hybridized carbons (Fsp3) is 0.417. The molecule has 0 radical (unpaired) electrons. The monoisotopic (exact) mass is 576 g/mol. The number of ether oxygens (including phenoxy) is 5. The van der Waals surface area contributed by atoms with Gasteiger partial charge in [-0.15, -0.1) is 0 Å². The topological polar surface area (TPSA) is 209 Å². The summed E-state index contributed by atoms with van der Waals surface area (Å²) in [5.74, 6) is -2.89. The van der Waals surface area contributed by atoms with Crippen molar-refractivity contribution >= 4 is 34.0 Å². The van der Waals surface area contributed by atoms with E-state index in [9.17, 15) is 32.7 Å². The number of aliphatic hydroxyl groups excluding tert-OH is 1. The summed E-state index contributed by atoms with van der Waals surface area (Å²) in [6.45, 7) is 3.35. The number of phenolic OH excluding ortho intramolecular Hbond substituents is 1. The molecular formula is C24H32O14S. The van der Waals surface area contributed by atoms with Gasteiger partial charge in [-0.25, -0.2) is 19.2 Å². The summed E-state index contributed by atoms with van der Waals surface area (Å²) in [7, 11) is 2.24. The lowest BCUT2D eigenvalue weighted by Gasteiger charge is -2.19. The predicted octanol–water partition coefficient (Wildman–Crippen LogP) is 0.743. The van der Waals surface area contributed by atoms with Gasteiger partial charge >= 0.3 is 23.9 Å². The third kappa shape index (κ3) is 9.17. The maximum atomic E-state index is 11.6. The Kier molecular flexibility index (Phi) is 13.5. The fourth-order valence-corrected chi connectivity index (χ4v) is 3.43. The second-order valence-electron chi connectivity index (χ2n) is 7.64. The van der Waals surface area contributed by atoms with Crippen LogP contribution in [0.2, 0.25) is 0 Å². The van der Waals surface area contributed by atoms with E-state index < -0.39 is 45.7 Å². The number of fused-ring (bicyclic) bond motifs is 2. The number of aliphatic hydroxyl groups is 1. The molecule has 0 amide bonds. The van der Waals surface area contributed by atoms with E-state index in [1.807, 2.05) is 0 Å². The summed E-state index contributed by atoms with van der Waals surface area (Å²) < 4.78 is 49.8. The van der Waals surface area contributed by atoms with Crippen molar-refractivity contribution in [2.24, 2.45) is 0 Å². The van der Waals surface area contributed by atoms with Gasteiger partial charge in [0, 0.05) is 7.11 Å². The van der Waals surface area contributed by atoms with E-state index in [-0.39, 0.29) is 28.0 Å². The molecule has 0 fully saturated rings. The number of methoxy groups -OCH3 is 4. The summed E-state index contributed by atoms with van der Waals surface area (Å²) in [5, 5.41) is 16.6. The molecule has 15 heteroatoms. The number of carbonyl (C=O) groups excluding carboxylic acids is 4. The summed E-state index contributed by atoms with van der Waals surface area (Å²) >= 11 is 0. The lowest BCUT2D eigenvalue weighted by atomic mass is 9.88. The van der Waals surface area contributed by atoms with Crippen molar-refractivity contribution in [3.8, 4) is 5.75 Å². The van der Waals surface area contributed by atoms with Crippen molar-refractivity contribution in [3.63, 3.8) is 0 Å². The SMILES string of the molecule is CO.COC(=O)C1=C(C(=O)OC)[C@]2(C)C=C[C@H]1O2.COC(=O)c1c(C)ccc(O)c1C(=O)OC.CS(=O)(=O)O. The molecule has 0 spiro atoms. The highest BCUT2D eigenvalue weighted by atomic mass is 32.2. The molecule has 0 aliphatic carbocycles.